The summed E-state index contributed by atoms with van der Waals surface area (Å²) in [4.78, 5) is 0. The molecule has 0 fully saturated rings. The number of hydrogen-bond acceptors (Lipinski definition) is 5. The number of benzene rings is 1. The van der Waals surface area contributed by atoms with Crippen molar-refractivity contribution in [2.75, 3.05) is 11.6 Å². The van der Waals surface area contributed by atoms with Crippen molar-refractivity contribution in [1.82, 2.24) is 14.9 Å². The van der Waals surface area contributed by atoms with Gasteiger partial charge in [-0.25, -0.2) is 4.68 Å². The Bertz CT molecular complexity index is 470. The lowest BCUT2D eigenvalue weighted by Gasteiger charge is -2.02. The van der Waals surface area contributed by atoms with Crippen molar-refractivity contribution in [3.63, 3.8) is 0 Å². The quantitative estimate of drug-likeness (QED) is 0.512. The molecule has 0 atom stereocenters. The molecule has 0 spiro atoms. The average molecular weight is 266 g/mol. The minimum atomic E-state index is 0.699. The van der Waals surface area contributed by atoms with Crippen LogP contribution in [0.3, 0.4) is 0 Å². The lowest BCUT2D eigenvalue weighted by atomic mass is 10.2. The van der Waals surface area contributed by atoms with Gasteiger partial charge in [0.25, 0.3) is 0 Å². The van der Waals surface area contributed by atoms with E-state index in [4.69, 9.17) is 5.84 Å². The second kappa shape index (κ2) is 5.97. The first-order valence-corrected chi connectivity index (χ1v) is 7.70. The fourth-order valence-corrected chi connectivity index (χ4v) is 3.30. The highest BCUT2D eigenvalue weighted by molar-refractivity contribution is 8.76. The van der Waals surface area contributed by atoms with Crippen molar-refractivity contribution in [1.29, 1.82) is 0 Å². The Morgan fingerprint density at radius 2 is 2.00 bits per heavy atom. The summed E-state index contributed by atoms with van der Waals surface area (Å²) in [5, 5.41) is 8.95. The van der Waals surface area contributed by atoms with E-state index in [1.165, 1.54) is 0 Å². The molecule has 0 aliphatic heterocycles. The third kappa shape index (κ3) is 2.95. The summed E-state index contributed by atoms with van der Waals surface area (Å²) < 4.78 is 1.54. The fraction of sp³-hybridized carbons (Fsp3) is 0.273. The monoisotopic (exact) mass is 266 g/mol. The van der Waals surface area contributed by atoms with Crippen LogP contribution in [0.25, 0.3) is 11.4 Å². The molecule has 0 aliphatic carbocycles. The summed E-state index contributed by atoms with van der Waals surface area (Å²) in [6, 6.07) is 9.83. The maximum atomic E-state index is 5.98. The Hall–Kier alpha value is -1.14. The first-order valence-electron chi connectivity index (χ1n) is 5.38. The first kappa shape index (κ1) is 12.3. The van der Waals surface area contributed by atoms with E-state index in [2.05, 4.69) is 17.1 Å². The van der Waals surface area contributed by atoms with Crippen molar-refractivity contribution in [2.45, 2.75) is 18.5 Å². The van der Waals surface area contributed by atoms with Crippen LogP contribution in [-0.4, -0.2) is 20.6 Å². The van der Waals surface area contributed by atoms with Crippen LogP contribution >= 0.6 is 21.6 Å². The highest BCUT2D eigenvalue weighted by Crippen LogP contribution is 2.30. The van der Waals surface area contributed by atoms with Crippen molar-refractivity contribution in [3.8, 4) is 11.4 Å². The standard InChI is InChI=1S/C11H14N4S2/c1-2-8-16-17-11-14-13-10(15(11)12)9-6-4-3-5-7-9/h3-7H,2,8,12H2,1H3. The van der Waals surface area contributed by atoms with Gasteiger partial charge in [-0.15, -0.1) is 10.2 Å². The van der Waals surface area contributed by atoms with Crippen molar-refractivity contribution >= 4 is 21.6 Å². The predicted molar refractivity (Wildman–Crippen MR) is 74.2 cm³/mol. The Morgan fingerprint density at radius 1 is 1.24 bits per heavy atom. The van der Waals surface area contributed by atoms with Crippen LogP contribution in [0.2, 0.25) is 0 Å². The number of aromatic nitrogens is 3. The van der Waals surface area contributed by atoms with Gasteiger partial charge in [-0.2, -0.15) is 0 Å². The Balaban J connectivity index is 2.15. The minimum absolute atomic E-state index is 0.699. The zero-order chi connectivity index (χ0) is 12.1. The van der Waals surface area contributed by atoms with Gasteiger partial charge in [-0.05, 0) is 17.2 Å². The maximum Gasteiger partial charge on any atom is 0.220 e. The van der Waals surface area contributed by atoms with E-state index in [9.17, 15) is 0 Å². The van der Waals surface area contributed by atoms with Crippen molar-refractivity contribution < 1.29 is 0 Å². The zero-order valence-electron chi connectivity index (χ0n) is 9.54. The molecule has 2 rings (SSSR count). The maximum absolute atomic E-state index is 5.98. The normalized spacial score (nSPS) is 10.6. The Kier molecular flexibility index (Phi) is 4.33. The second-order valence-corrected chi connectivity index (χ2v) is 5.83. The smallest absolute Gasteiger partial charge is 0.220 e. The van der Waals surface area contributed by atoms with Crippen LogP contribution in [-0.2, 0) is 0 Å². The fourth-order valence-electron chi connectivity index (χ4n) is 1.30. The number of nitrogens with two attached hydrogens (primary N) is 1. The highest BCUT2D eigenvalue weighted by atomic mass is 33.1. The summed E-state index contributed by atoms with van der Waals surface area (Å²) >= 11 is 0. The van der Waals surface area contributed by atoms with E-state index in [0.717, 1.165) is 22.9 Å². The molecule has 2 aromatic rings. The molecule has 1 aromatic carbocycles. The molecule has 0 saturated heterocycles. The van der Waals surface area contributed by atoms with Crippen molar-refractivity contribution in [2.24, 2.45) is 0 Å². The summed E-state index contributed by atoms with van der Waals surface area (Å²) in [6.45, 7) is 2.15. The summed E-state index contributed by atoms with van der Waals surface area (Å²) in [6.07, 6.45) is 1.14. The van der Waals surface area contributed by atoms with Gasteiger partial charge < -0.3 is 5.84 Å². The Labute approximate surface area is 108 Å². The van der Waals surface area contributed by atoms with E-state index in [-0.39, 0.29) is 0 Å². The molecule has 4 nitrogen and oxygen atoms in total. The molecule has 6 heteroatoms. The van der Waals surface area contributed by atoms with Crippen LogP contribution in [0.15, 0.2) is 35.5 Å². The van der Waals surface area contributed by atoms with Gasteiger partial charge in [0.15, 0.2) is 5.82 Å². The molecule has 1 heterocycles. The zero-order valence-corrected chi connectivity index (χ0v) is 11.2. The topological polar surface area (TPSA) is 56.7 Å². The molecule has 0 aliphatic rings. The molecular weight excluding hydrogens is 252 g/mol. The number of nitrogen functional groups attached to an aromatic ring is 1. The predicted octanol–water partition coefficient (Wildman–Crippen LogP) is 2.81. The molecule has 0 bridgehead atoms. The van der Waals surface area contributed by atoms with Gasteiger partial charge in [0.05, 0.1) is 0 Å². The lowest BCUT2D eigenvalue weighted by Crippen LogP contribution is -2.11. The summed E-state index contributed by atoms with van der Waals surface area (Å²) in [5.74, 6) is 7.76. The van der Waals surface area contributed by atoms with E-state index in [1.54, 1.807) is 26.3 Å². The van der Waals surface area contributed by atoms with Gasteiger partial charge in [-0.1, -0.05) is 48.0 Å². The summed E-state index contributed by atoms with van der Waals surface area (Å²) in [7, 11) is 3.31. The molecule has 90 valence electrons. The lowest BCUT2D eigenvalue weighted by molar-refractivity contribution is 0.854. The SMILES string of the molecule is CCCSSc1nnc(-c2ccccc2)n1N. The largest absolute Gasteiger partial charge is 0.335 e. The third-order valence-corrected chi connectivity index (χ3v) is 4.54. The van der Waals surface area contributed by atoms with E-state index < -0.39 is 0 Å². The molecule has 0 saturated carbocycles. The van der Waals surface area contributed by atoms with Crippen LogP contribution in [0.5, 0.6) is 0 Å². The third-order valence-electron chi connectivity index (χ3n) is 2.12. The second-order valence-electron chi connectivity index (χ2n) is 3.45. The van der Waals surface area contributed by atoms with Crippen LogP contribution in [0.1, 0.15) is 13.3 Å². The van der Waals surface area contributed by atoms with E-state index in [1.807, 2.05) is 30.3 Å². The molecule has 0 amide bonds. The van der Waals surface area contributed by atoms with Crippen LogP contribution < -0.4 is 5.84 Å². The minimum Gasteiger partial charge on any atom is -0.335 e. The number of hydrogen-bond donors (Lipinski definition) is 1. The Morgan fingerprint density at radius 3 is 2.71 bits per heavy atom. The molecule has 2 N–H and O–H groups in total. The van der Waals surface area contributed by atoms with E-state index >= 15 is 0 Å². The highest BCUT2D eigenvalue weighted by Gasteiger charge is 2.11. The average Bonchev–Trinajstić information content (AvgIpc) is 2.73. The van der Waals surface area contributed by atoms with Gasteiger partial charge in [0.2, 0.25) is 5.16 Å². The molecular formula is C11H14N4S2. The molecule has 17 heavy (non-hydrogen) atoms. The number of rotatable bonds is 5. The summed E-state index contributed by atoms with van der Waals surface area (Å²) in [5.41, 5.74) is 0.981. The van der Waals surface area contributed by atoms with Crippen LogP contribution in [0, 0.1) is 0 Å². The molecule has 1 aromatic heterocycles. The van der Waals surface area contributed by atoms with Gasteiger partial charge in [-0.3, -0.25) is 0 Å². The number of nitrogens with zero attached hydrogens (tertiary/aromatic N) is 3. The molecule has 0 radical (unpaired) electrons. The van der Waals surface area contributed by atoms with Gasteiger partial charge >= 0.3 is 0 Å². The van der Waals surface area contributed by atoms with Crippen LogP contribution in [0.4, 0.5) is 0 Å². The van der Waals surface area contributed by atoms with E-state index in [0.29, 0.717) is 5.82 Å². The van der Waals surface area contributed by atoms with Gasteiger partial charge in [0.1, 0.15) is 0 Å². The van der Waals surface area contributed by atoms with Gasteiger partial charge in [0, 0.05) is 11.3 Å². The molecule has 0 unspecified atom stereocenters. The first-order chi connectivity index (χ1) is 8.33. The van der Waals surface area contributed by atoms with Crippen molar-refractivity contribution in [3.05, 3.63) is 30.3 Å².